The maximum Gasteiger partial charge on any atom is 0.230 e. The van der Waals surface area contributed by atoms with Crippen LogP contribution in [0.15, 0.2) is 11.1 Å². The lowest BCUT2D eigenvalue weighted by Crippen LogP contribution is -2.28. The highest BCUT2D eigenvalue weighted by molar-refractivity contribution is 8.00. The van der Waals surface area contributed by atoms with Crippen LogP contribution >= 0.6 is 11.8 Å². The number of amides is 1. The van der Waals surface area contributed by atoms with Gasteiger partial charge in [0, 0.05) is 18.8 Å². The van der Waals surface area contributed by atoms with E-state index in [-0.39, 0.29) is 11.7 Å². The molecule has 0 unspecified atom stereocenters. The van der Waals surface area contributed by atoms with Crippen molar-refractivity contribution >= 4 is 17.7 Å². The van der Waals surface area contributed by atoms with Gasteiger partial charge in [0.25, 0.3) is 0 Å². The predicted octanol–water partition coefficient (Wildman–Crippen LogP) is 2.86. The number of aromatic nitrogens is 1. The molecule has 6 heteroatoms. The lowest BCUT2D eigenvalue weighted by Gasteiger charge is -2.16. The molecule has 1 aromatic rings. The number of thioether (sulfide) groups is 1. The second-order valence-corrected chi connectivity index (χ2v) is 6.83. The Bertz CT molecular complexity index is 599. The van der Waals surface area contributed by atoms with Crippen LogP contribution < -0.4 is 5.32 Å². The SMILES string of the molecule is CCCCOCCNC(=O)CSc1nc2c(cc1C#N)CCCC2. The fourth-order valence-corrected chi connectivity index (χ4v) is 3.41. The third-order valence-corrected chi connectivity index (χ3v) is 4.93. The van der Waals surface area contributed by atoms with Gasteiger partial charge >= 0.3 is 0 Å². The number of ether oxygens (including phenoxy) is 1. The lowest BCUT2D eigenvalue weighted by molar-refractivity contribution is -0.118. The van der Waals surface area contributed by atoms with Crippen LogP contribution in [0.3, 0.4) is 0 Å². The number of rotatable bonds is 9. The third-order valence-electron chi connectivity index (χ3n) is 3.94. The molecular formula is C18H25N3O2S. The summed E-state index contributed by atoms with van der Waals surface area (Å²) in [5.41, 5.74) is 2.86. The molecule has 1 aliphatic rings. The van der Waals surface area contributed by atoms with Crippen LogP contribution in [0.5, 0.6) is 0 Å². The van der Waals surface area contributed by atoms with Crippen molar-refractivity contribution in [1.29, 1.82) is 5.26 Å². The van der Waals surface area contributed by atoms with Crippen molar-refractivity contribution in [3.8, 4) is 6.07 Å². The number of nitrogens with one attached hydrogen (secondary N) is 1. The molecule has 0 saturated carbocycles. The van der Waals surface area contributed by atoms with Crippen molar-refractivity contribution in [1.82, 2.24) is 10.3 Å². The molecule has 0 fully saturated rings. The zero-order valence-electron chi connectivity index (χ0n) is 14.3. The molecule has 0 aliphatic heterocycles. The Morgan fingerprint density at radius 2 is 2.25 bits per heavy atom. The monoisotopic (exact) mass is 347 g/mol. The van der Waals surface area contributed by atoms with Crippen molar-refractivity contribution in [2.45, 2.75) is 50.5 Å². The van der Waals surface area contributed by atoms with Gasteiger partial charge in [-0.3, -0.25) is 4.79 Å². The van der Waals surface area contributed by atoms with E-state index in [4.69, 9.17) is 4.74 Å². The number of hydrogen-bond donors (Lipinski definition) is 1. The fraction of sp³-hybridized carbons (Fsp3) is 0.611. The Hall–Kier alpha value is -1.58. The normalized spacial score (nSPS) is 13.2. The van der Waals surface area contributed by atoms with Gasteiger partial charge in [-0.25, -0.2) is 4.98 Å². The highest BCUT2D eigenvalue weighted by atomic mass is 32.2. The molecule has 1 aliphatic carbocycles. The molecule has 1 heterocycles. The number of aryl methyl sites for hydroxylation is 2. The van der Waals surface area contributed by atoms with Crippen molar-refractivity contribution in [3.05, 3.63) is 22.9 Å². The van der Waals surface area contributed by atoms with Gasteiger partial charge in [-0.1, -0.05) is 25.1 Å². The number of fused-ring (bicyclic) bond motifs is 1. The standard InChI is InChI=1S/C18H25N3O2S/c1-2-3-9-23-10-8-20-17(22)13-24-18-15(12-19)11-14-6-4-5-7-16(14)21-18/h11H,2-10,13H2,1H3,(H,20,22). The van der Waals surface area contributed by atoms with Crippen molar-refractivity contribution in [2.75, 3.05) is 25.5 Å². The number of nitriles is 1. The number of carbonyl (C=O) groups excluding carboxylic acids is 1. The Morgan fingerprint density at radius 1 is 1.42 bits per heavy atom. The van der Waals surface area contributed by atoms with E-state index in [9.17, 15) is 10.1 Å². The lowest BCUT2D eigenvalue weighted by atomic mass is 9.95. The van der Waals surface area contributed by atoms with E-state index in [1.54, 1.807) is 0 Å². The molecule has 2 rings (SSSR count). The average Bonchev–Trinajstić information content (AvgIpc) is 2.62. The van der Waals surface area contributed by atoms with E-state index in [0.29, 0.717) is 23.7 Å². The van der Waals surface area contributed by atoms with Crippen LogP contribution in [0, 0.1) is 11.3 Å². The van der Waals surface area contributed by atoms with Crippen LogP contribution in [0.1, 0.15) is 49.4 Å². The van der Waals surface area contributed by atoms with Crippen molar-refractivity contribution in [3.63, 3.8) is 0 Å². The molecule has 1 N–H and O–H groups in total. The highest BCUT2D eigenvalue weighted by Gasteiger charge is 2.16. The fourth-order valence-electron chi connectivity index (χ4n) is 2.60. The van der Waals surface area contributed by atoms with Crippen LogP contribution in [0.25, 0.3) is 0 Å². The van der Waals surface area contributed by atoms with Crippen molar-refractivity contribution in [2.24, 2.45) is 0 Å². The maximum absolute atomic E-state index is 11.9. The van der Waals surface area contributed by atoms with E-state index < -0.39 is 0 Å². The molecule has 130 valence electrons. The number of hydrogen-bond acceptors (Lipinski definition) is 5. The molecular weight excluding hydrogens is 322 g/mol. The summed E-state index contributed by atoms with van der Waals surface area (Å²) in [6.45, 7) is 3.92. The molecule has 24 heavy (non-hydrogen) atoms. The van der Waals surface area contributed by atoms with E-state index in [2.05, 4.69) is 23.3 Å². The van der Waals surface area contributed by atoms with Gasteiger partial charge in [0.15, 0.2) is 0 Å². The summed E-state index contributed by atoms with van der Waals surface area (Å²) < 4.78 is 5.41. The smallest absolute Gasteiger partial charge is 0.230 e. The van der Waals surface area contributed by atoms with Gasteiger partial charge in [-0.15, -0.1) is 0 Å². The maximum atomic E-state index is 11.9. The summed E-state index contributed by atoms with van der Waals surface area (Å²) in [5.74, 6) is 0.220. The molecule has 5 nitrogen and oxygen atoms in total. The quantitative estimate of drug-likeness (QED) is 0.549. The molecule has 0 saturated heterocycles. The van der Waals surface area contributed by atoms with Crippen LogP contribution in [-0.4, -0.2) is 36.4 Å². The zero-order valence-corrected chi connectivity index (χ0v) is 15.1. The van der Waals surface area contributed by atoms with Crippen LogP contribution in [0.4, 0.5) is 0 Å². The van der Waals surface area contributed by atoms with Gasteiger partial charge in [-0.2, -0.15) is 5.26 Å². The topological polar surface area (TPSA) is 75.0 Å². The predicted molar refractivity (Wildman–Crippen MR) is 95.1 cm³/mol. The van der Waals surface area contributed by atoms with Crippen molar-refractivity contribution < 1.29 is 9.53 Å². The van der Waals surface area contributed by atoms with Gasteiger partial charge < -0.3 is 10.1 Å². The third kappa shape index (κ3) is 5.81. The van der Waals surface area contributed by atoms with Crippen LogP contribution in [0.2, 0.25) is 0 Å². The minimum absolute atomic E-state index is 0.0532. The molecule has 1 amide bonds. The van der Waals surface area contributed by atoms with E-state index >= 15 is 0 Å². The molecule has 0 spiro atoms. The first-order chi connectivity index (χ1) is 11.7. The summed E-state index contributed by atoms with van der Waals surface area (Å²) in [7, 11) is 0. The average molecular weight is 347 g/mol. The Morgan fingerprint density at radius 3 is 3.04 bits per heavy atom. The second-order valence-electron chi connectivity index (χ2n) is 5.87. The second kappa shape index (κ2) is 10.3. The Balaban J connectivity index is 1.79. The van der Waals surface area contributed by atoms with Gasteiger partial charge in [0.2, 0.25) is 5.91 Å². The largest absolute Gasteiger partial charge is 0.380 e. The summed E-state index contributed by atoms with van der Waals surface area (Å²) in [5, 5.41) is 12.8. The van der Waals surface area contributed by atoms with Gasteiger partial charge in [0.05, 0.1) is 17.9 Å². The minimum Gasteiger partial charge on any atom is -0.380 e. The Kier molecular flexibility index (Phi) is 8.06. The first-order valence-corrected chi connectivity index (χ1v) is 9.63. The van der Waals surface area contributed by atoms with Crippen LogP contribution in [-0.2, 0) is 22.4 Å². The van der Waals surface area contributed by atoms with E-state index in [1.165, 1.54) is 17.3 Å². The number of nitrogens with zero attached hydrogens (tertiary/aromatic N) is 2. The van der Waals surface area contributed by atoms with Gasteiger partial charge in [0.1, 0.15) is 11.1 Å². The summed E-state index contributed by atoms with van der Waals surface area (Å²) in [6.07, 6.45) is 6.43. The summed E-state index contributed by atoms with van der Waals surface area (Å²) >= 11 is 1.34. The molecule has 0 bridgehead atoms. The number of carbonyl (C=O) groups is 1. The molecule has 0 atom stereocenters. The number of unbranched alkanes of at least 4 members (excludes halogenated alkanes) is 1. The summed E-state index contributed by atoms with van der Waals surface area (Å²) in [4.78, 5) is 16.5. The molecule has 0 radical (unpaired) electrons. The van der Waals surface area contributed by atoms with E-state index in [1.807, 2.05) is 6.07 Å². The first kappa shape index (κ1) is 18.8. The zero-order chi connectivity index (χ0) is 17.2. The molecule has 0 aromatic carbocycles. The summed E-state index contributed by atoms with van der Waals surface area (Å²) in [6, 6.07) is 4.15. The number of pyridine rings is 1. The Labute approximate surface area is 148 Å². The van der Waals surface area contributed by atoms with E-state index in [0.717, 1.165) is 50.8 Å². The first-order valence-electron chi connectivity index (χ1n) is 8.64. The van der Waals surface area contributed by atoms with Gasteiger partial charge in [-0.05, 0) is 43.7 Å². The highest BCUT2D eigenvalue weighted by Crippen LogP contribution is 2.27. The molecule has 1 aromatic heterocycles. The minimum atomic E-state index is -0.0532.